The molecule has 6 nitrogen and oxygen atoms in total. The molecule has 0 bridgehead atoms. The van der Waals surface area contributed by atoms with Crippen molar-refractivity contribution in [3.05, 3.63) is 70.3 Å². The zero-order chi connectivity index (χ0) is 22.8. The molecule has 1 saturated heterocycles. The summed E-state index contributed by atoms with van der Waals surface area (Å²) < 4.78 is 21.4. The van der Waals surface area contributed by atoms with E-state index in [1.165, 1.54) is 12.1 Å². The van der Waals surface area contributed by atoms with E-state index in [9.17, 15) is 9.18 Å². The number of piperidine rings is 1. The van der Waals surface area contributed by atoms with Gasteiger partial charge >= 0.3 is 0 Å². The number of methoxy groups -OCH3 is 1. The van der Waals surface area contributed by atoms with Gasteiger partial charge in [-0.1, -0.05) is 6.07 Å². The molecule has 32 heavy (non-hydrogen) atoms. The quantitative estimate of drug-likeness (QED) is 0.680. The van der Waals surface area contributed by atoms with Gasteiger partial charge in [0.05, 0.1) is 18.4 Å². The number of ether oxygens (including phenoxy) is 1. The molecule has 1 aliphatic rings. The number of anilines is 1. The molecule has 7 heteroatoms. The third-order valence-electron chi connectivity index (χ3n) is 6.04. The molecule has 4 rings (SSSR count). The first-order valence-electron chi connectivity index (χ1n) is 10.5. The first-order chi connectivity index (χ1) is 15.4. The fourth-order valence-electron chi connectivity index (χ4n) is 4.18. The summed E-state index contributed by atoms with van der Waals surface area (Å²) in [5.41, 5.74) is 9.25. The Hall–Kier alpha value is -3.63. The van der Waals surface area contributed by atoms with Crippen molar-refractivity contribution in [3.8, 4) is 34.2 Å². The molecule has 0 atom stereocenters. The van der Waals surface area contributed by atoms with Gasteiger partial charge in [0.25, 0.3) is 5.56 Å². The zero-order valence-corrected chi connectivity index (χ0v) is 18.1. The Morgan fingerprint density at radius 2 is 1.75 bits per heavy atom. The van der Waals surface area contributed by atoms with Crippen molar-refractivity contribution >= 4 is 5.69 Å². The SMILES string of the molecule is COc1ccc(-c2c(-c3ccc(C#N)c(F)c3)cc(N3CCC(N)CC3)c(=O)n2C)cc1. The summed E-state index contributed by atoms with van der Waals surface area (Å²) in [4.78, 5) is 15.4. The summed E-state index contributed by atoms with van der Waals surface area (Å²) >= 11 is 0. The number of pyridine rings is 1. The van der Waals surface area contributed by atoms with Gasteiger partial charge in [-0.15, -0.1) is 0 Å². The van der Waals surface area contributed by atoms with Crippen LogP contribution in [0.4, 0.5) is 10.1 Å². The minimum Gasteiger partial charge on any atom is -0.497 e. The van der Waals surface area contributed by atoms with E-state index in [-0.39, 0.29) is 17.2 Å². The van der Waals surface area contributed by atoms with E-state index in [1.54, 1.807) is 24.8 Å². The molecule has 3 aromatic rings. The van der Waals surface area contributed by atoms with Crippen LogP contribution in [0.25, 0.3) is 22.4 Å². The van der Waals surface area contributed by atoms with Crippen molar-refractivity contribution in [1.29, 1.82) is 5.26 Å². The van der Waals surface area contributed by atoms with Gasteiger partial charge in [0.1, 0.15) is 23.3 Å². The highest BCUT2D eigenvalue weighted by atomic mass is 19.1. The van der Waals surface area contributed by atoms with Gasteiger partial charge in [-0.3, -0.25) is 4.79 Å². The largest absolute Gasteiger partial charge is 0.497 e. The molecular weight excluding hydrogens is 407 g/mol. The van der Waals surface area contributed by atoms with Gasteiger partial charge in [0.2, 0.25) is 0 Å². The lowest BCUT2D eigenvalue weighted by molar-refractivity contribution is 0.415. The molecule has 0 unspecified atom stereocenters. The molecule has 0 amide bonds. The molecule has 0 saturated carbocycles. The van der Waals surface area contributed by atoms with Crippen molar-refractivity contribution < 1.29 is 9.13 Å². The van der Waals surface area contributed by atoms with Crippen LogP contribution < -0.4 is 20.9 Å². The number of benzene rings is 2. The number of halogens is 1. The lowest BCUT2D eigenvalue weighted by Gasteiger charge is -2.32. The summed E-state index contributed by atoms with van der Waals surface area (Å²) in [5, 5.41) is 9.11. The highest BCUT2D eigenvalue weighted by molar-refractivity contribution is 5.84. The standard InChI is InChI=1S/C25H25FN4O2/c1-29-24(16-5-7-20(32-2)8-6-16)21(17-3-4-18(15-27)22(26)13-17)14-23(25(29)31)30-11-9-19(28)10-12-30/h3-8,13-14,19H,9-12,28H2,1-2H3. The second-order valence-corrected chi connectivity index (χ2v) is 8.02. The van der Waals surface area contributed by atoms with Gasteiger partial charge < -0.3 is 19.9 Å². The van der Waals surface area contributed by atoms with E-state index in [1.807, 2.05) is 41.3 Å². The predicted molar refractivity (Wildman–Crippen MR) is 123 cm³/mol. The monoisotopic (exact) mass is 432 g/mol. The van der Waals surface area contributed by atoms with Crippen molar-refractivity contribution in [1.82, 2.24) is 4.57 Å². The molecule has 1 aromatic heterocycles. The van der Waals surface area contributed by atoms with Gasteiger partial charge in [0.15, 0.2) is 0 Å². The molecule has 164 valence electrons. The van der Waals surface area contributed by atoms with Crippen molar-refractivity contribution in [2.75, 3.05) is 25.1 Å². The minimum absolute atomic E-state index is 0.0187. The number of nitriles is 1. The van der Waals surface area contributed by atoms with Gasteiger partial charge in [-0.2, -0.15) is 5.26 Å². The van der Waals surface area contributed by atoms with Crippen molar-refractivity contribution in [2.24, 2.45) is 12.8 Å². The first-order valence-corrected chi connectivity index (χ1v) is 10.5. The summed E-state index contributed by atoms with van der Waals surface area (Å²) in [6, 6.07) is 15.7. The molecule has 2 aromatic carbocycles. The van der Waals surface area contributed by atoms with Crippen LogP contribution in [0.1, 0.15) is 18.4 Å². The fourth-order valence-corrected chi connectivity index (χ4v) is 4.18. The number of rotatable bonds is 4. The second kappa shape index (κ2) is 8.85. The summed E-state index contributed by atoms with van der Waals surface area (Å²) in [6.07, 6.45) is 1.62. The molecule has 1 fully saturated rings. The third kappa shape index (κ3) is 3.97. The van der Waals surface area contributed by atoms with E-state index in [4.69, 9.17) is 15.7 Å². The van der Waals surface area contributed by atoms with Gasteiger partial charge in [-0.05, 0) is 66.4 Å². The maximum atomic E-state index is 14.5. The lowest BCUT2D eigenvalue weighted by Crippen LogP contribution is -2.42. The van der Waals surface area contributed by atoms with Crippen LogP contribution in [0.3, 0.4) is 0 Å². The first kappa shape index (κ1) is 21.6. The average Bonchev–Trinajstić information content (AvgIpc) is 2.81. The molecule has 0 spiro atoms. The Morgan fingerprint density at radius 1 is 1.09 bits per heavy atom. The number of nitrogens with zero attached hydrogens (tertiary/aromatic N) is 3. The Balaban J connectivity index is 1.93. The van der Waals surface area contributed by atoms with Crippen LogP contribution in [-0.4, -0.2) is 30.8 Å². The zero-order valence-electron chi connectivity index (χ0n) is 18.1. The van der Waals surface area contributed by atoms with Crippen LogP contribution in [0.5, 0.6) is 5.75 Å². The average molecular weight is 432 g/mol. The molecule has 2 N–H and O–H groups in total. The maximum absolute atomic E-state index is 14.5. The predicted octanol–water partition coefficient (Wildman–Crippen LogP) is 3.67. The van der Waals surface area contributed by atoms with E-state index < -0.39 is 5.82 Å². The van der Waals surface area contributed by atoms with Gasteiger partial charge in [0, 0.05) is 31.7 Å². The van der Waals surface area contributed by atoms with E-state index in [0.717, 1.165) is 18.4 Å². The van der Waals surface area contributed by atoms with Crippen molar-refractivity contribution in [2.45, 2.75) is 18.9 Å². The molecule has 0 aliphatic carbocycles. The molecule has 2 heterocycles. The number of hydrogen-bond acceptors (Lipinski definition) is 5. The second-order valence-electron chi connectivity index (χ2n) is 8.02. The summed E-state index contributed by atoms with van der Waals surface area (Å²) in [7, 11) is 3.32. The topological polar surface area (TPSA) is 84.3 Å². The van der Waals surface area contributed by atoms with Gasteiger partial charge in [-0.25, -0.2) is 4.39 Å². The van der Waals surface area contributed by atoms with E-state index in [0.29, 0.717) is 41.3 Å². The highest BCUT2D eigenvalue weighted by Crippen LogP contribution is 2.35. The number of nitrogens with two attached hydrogens (primary N) is 1. The van der Waals surface area contributed by atoms with Crippen molar-refractivity contribution in [3.63, 3.8) is 0 Å². The normalized spacial score (nSPS) is 14.3. The maximum Gasteiger partial charge on any atom is 0.274 e. The van der Waals surface area contributed by atoms with Crippen LogP contribution in [-0.2, 0) is 7.05 Å². The molecule has 0 radical (unpaired) electrons. The molecular formula is C25H25FN4O2. The Bertz CT molecular complexity index is 1240. The Labute approximate surface area is 186 Å². The molecule has 1 aliphatic heterocycles. The van der Waals surface area contributed by atoms with Crippen LogP contribution >= 0.6 is 0 Å². The Kier molecular flexibility index (Phi) is 5.97. The Morgan fingerprint density at radius 3 is 2.34 bits per heavy atom. The van der Waals surface area contributed by atoms with E-state index in [2.05, 4.69) is 0 Å². The van der Waals surface area contributed by atoms with Crippen LogP contribution in [0.2, 0.25) is 0 Å². The third-order valence-corrected chi connectivity index (χ3v) is 6.04. The summed E-state index contributed by atoms with van der Waals surface area (Å²) in [5.74, 6) is 0.107. The number of aromatic nitrogens is 1. The summed E-state index contributed by atoms with van der Waals surface area (Å²) in [6.45, 7) is 1.39. The minimum atomic E-state index is -0.593. The smallest absolute Gasteiger partial charge is 0.274 e. The van der Waals surface area contributed by atoms with E-state index >= 15 is 0 Å². The number of hydrogen-bond donors (Lipinski definition) is 1. The fraction of sp³-hybridized carbons (Fsp3) is 0.280. The lowest BCUT2D eigenvalue weighted by atomic mass is 9.96. The van der Waals surface area contributed by atoms with Crippen LogP contribution in [0.15, 0.2) is 53.3 Å². The van der Waals surface area contributed by atoms with Crippen LogP contribution in [0, 0.1) is 17.1 Å². The highest BCUT2D eigenvalue weighted by Gasteiger charge is 2.23.